The van der Waals surface area contributed by atoms with Crippen LogP contribution in [0.4, 0.5) is 0 Å². The van der Waals surface area contributed by atoms with E-state index in [-0.39, 0.29) is 0 Å². The van der Waals surface area contributed by atoms with Crippen molar-refractivity contribution in [3.8, 4) is 0 Å². The minimum absolute atomic E-state index is 0.605. The lowest BCUT2D eigenvalue weighted by molar-refractivity contribution is 0.296. The van der Waals surface area contributed by atoms with Crippen molar-refractivity contribution in [1.29, 1.82) is 0 Å². The van der Waals surface area contributed by atoms with Crippen LogP contribution in [0.1, 0.15) is 63.1 Å². The number of pyridine rings is 1. The largest absolute Gasteiger partial charge is 0.314 e. The van der Waals surface area contributed by atoms with Crippen LogP contribution >= 0.6 is 0 Å². The van der Waals surface area contributed by atoms with E-state index >= 15 is 0 Å². The Morgan fingerprint density at radius 3 is 2.70 bits per heavy atom. The fourth-order valence-corrected chi connectivity index (χ4v) is 3.28. The van der Waals surface area contributed by atoms with Gasteiger partial charge in [-0.05, 0) is 43.9 Å². The Hall–Kier alpha value is -0.890. The lowest BCUT2D eigenvalue weighted by Gasteiger charge is -2.27. The SMILES string of the molecule is CCCNC(Cc1ccc(C)cn1)CC1CCCCC1. The molecule has 20 heavy (non-hydrogen) atoms. The van der Waals surface area contributed by atoms with E-state index in [1.807, 2.05) is 6.20 Å². The van der Waals surface area contributed by atoms with Crippen molar-refractivity contribution in [2.75, 3.05) is 6.54 Å². The van der Waals surface area contributed by atoms with E-state index in [4.69, 9.17) is 0 Å². The van der Waals surface area contributed by atoms with Gasteiger partial charge in [0.1, 0.15) is 0 Å². The Bertz CT molecular complexity index is 366. The molecule has 0 bridgehead atoms. The molecule has 1 aromatic heterocycles. The van der Waals surface area contributed by atoms with Gasteiger partial charge < -0.3 is 5.32 Å². The van der Waals surface area contributed by atoms with Gasteiger partial charge in [-0.15, -0.1) is 0 Å². The molecule has 1 aliphatic carbocycles. The second-order valence-corrected chi connectivity index (χ2v) is 6.42. The molecule has 1 aromatic rings. The van der Waals surface area contributed by atoms with Gasteiger partial charge in [-0.2, -0.15) is 0 Å². The van der Waals surface area contributed by atoms with Gasteiger partial charge in [0.15, 0.2) is 0 Å². The molecule has 1 aliphatic rings. The van der Waals surface area contributed by atoms with Crippen molar-refractivity contribution in [3.05, 3.63) is 29.6 Å². The van der Waals surface area contributed by atoms with Crippen molar-refractivity contribution in [2.45, 2.75) is 71.3 Å². The van der Waals surface area contributed by atoms with E-state index in [9.17, 15) is 0 Å². The summed E-state index contributed by atoms with van der Waals surface area (Å²) < 4.78 is 0. The van der Waals surface area contributed by atoms with E-state index in [1.54, 1.807) is 0 Å². The second-order valence-electron chi connectivity index (χ2n) is 6.42. The van der Waals surface area contributed by atoms with Gasteiger partial charge in [-0.25, -0.2) is 0 Å². The minimum Gasteiger partial charge on any atom is -0.314 e. The molecule has 2 rings (SSSR count). The molecule has 2 nitrogen and oxygen atoms in total. The van der Waals surface area contributed by atoms with Gasteiger partial charge in [0, 0.05) is 24.4 Å². The quantitative estimate of drug-likeness (QED) is 0.803. The summed E-state index contributed by atoms with van der Waals surface area (Å²) in [6, 6.07) is 4.98. The fourth-order valence-electron chi connectivity index (χ4n) is 3.28. The molecule has 0 amide bonds. The first kappa shape index (κ1) is 15.5. The second kappa shape index (κ2) is 8.41. The first-order valence-corrected chi connectivity index (χ1v) is 8.43. The summed E-state index contributed by atoms with van der Waals surface area (Å²) in [6.07, 6.45) is 12.8. The Labute approximate surface area is 124 Å². The highest BCUT2D eigenvalue weighted by atomic mass is 14.9. The van der Waals surface area contributed by atoms with E-state index < -0.39 is 0 Å². The van der Waals surface area contributed by atoms with Crippen LogP contribution in [-0.4, -0.2) is 17.6 Å². The van der Waals surface area contributed by atoms with Crippen LogP contribution in [0.2, 0.25) is 0 Å². The molecule has 0 radical (unpaired) electrons. The average Bonchev–Trinajstić information content (AvgIpc) is 2.48. The van der Waals surface area contributed by atoms with E-state index in [0.29, 0.717) is 6.04 Å². The van der Waals surface area contributed by atoms with Crippen molar-refractivity contribution in [2.24, 2.45) is 5.92 Å². The molecule has 1 unspecified atom stereocenters. The van der Waals surface area contributed by atoms with Gasteiger partial charge in [0.2, 0.25) is 0 Å². The van der Waals surface area contributed by atoms with Gasteiger partial charge in [-0.3, -0.25) is 4.98 Å². The number of hydrogen-bond donors (Lipinski definition) is 1. The number of nitrogens with one attached hydrogen (secondary N) is 1. The Morgan fingerprint density at radius 1 is 1.25 bits per heavy atom. The number of rotatable bonds is 7. The summed E-state index contributed by atoms with van der Waals surface area (Å²) in [5.41, 5.74) is 2.49. The van der Waals surface area contributed by atoms with Gasteiger partial charge >= 0.3 is 0 Å². The summed E-state index contributed by atoms with van der Waals surface area (Å²) >= 11 is 0. The molecule has 1 heterocycles. The molecular formula is C18H30N2. The molecule has 2 heteroatoms. The molecule has 112 valence electrons. The maximum Gasteiger partial charge on any atom is 0.0419 e. The molecule has 0 saturated heterocycles. The Kier molecular flexibility index (Phi) is 6.52. The molecule has 1 N–H and O–H groups in total. The first-order chi connectivity index (χ1) is 9.78. The lowest BCUT2D eigenvalue weighted by atomic mass is 9.84. The predicted octanol–water partition coefficient (Wildman–Crippen LogP) is 4.27. The number of aromatic nitrogens is 1. The topological polar surface area (TPSA) is 24.9 Å². The lowest BCUT2D eigenvalue weighted by Crippen LogP contribution is -2.34. The van der Waals surface area contributed by atoms with Gasteiger partial charge in [0.25, 0.3) is 0 Å². The zero-order valence-corrected chi connectivity index (χ0v) is 13.2. The molecule has 0 aromatic carbocycles. The zero-order valence-electron chi connectivity index (χ0n) is 13.2. The molecule has 1 fully saturated rings. The summed E-state index contributed by atoms with van der Waals surface area (Å²) in [5, 5.41) is 3.74. The standard InChI is InChI=1S/C18H30N2/c1-3-11-19-18(12-16-7-5-4-6-8-16)13-17-10-9-15(2)14-20-17/h9-10,14,16,18-19H,3-8,11-13H2,1-2H3. The average molecular weight is 274 g/mol. The Balaban J connectivity index is 1.89. The third-order valence-corrected chi connectivity index (χ3v) is 4.45. The number of hydrogen-bond acceptors (Lipinski definition) is 2. The maximum atomic E-state index is 4.58. The highest BCUT2D eigenvalue weighted by molar-refractivity contribution is 5.13. The molecular weight excluding hydrogens is 244 g/mol. The third-order valence-electron chi connectivity index (χ3n) is 4.45. The van der Waals surface area contributed by atoms with Crippen LogP contribution in [-0.2, 0) is 6.42 Å². The van der Waals surface area contributed by atoms with Crippen LogP contribution in [0.5, 0.6) is 0 Å². The zero-order chi connectivity index (χ0) is 14.2. The first-order valence-electron chi connectivity index (χ1n) is 8.43. The molecule has 1 atom stereocenters. The third kappa shape index (κ3) is 5.24. The number of aryl methyl sites for hydroxylation is 1. The van der Waals surface area contributed by atoms with Crippen LogP contribution in [0.3, 0.4) is 0 Å². The maximum absolute atomic E-state index is 4.58. The van der Waals surface area contributed by atoms with Crippen LogP contribution in [0.15, 0.2) is 18.3 Å². The highest BCUT2D eigenvalue weighted by Crippen LogP contribution is 2.28. The normalized spacial score (nSPS) is 18.1. The Morgan fingerprint density at radius 2 is 2.05 bits per heavy atom. The fraction of sp³-hybridized carbons (Fsp3) is 0.722. The predicted molar refractivity (Wildman–Crippen MR) is 86.0 cm³/mol. The summed E-state index contributed by atoms with van der Waals surface area (Å²) in [7, 11) is 0. The summed E-state index contributed by atoms with van der Waals surface area (Å²) in [6.45, 7) is 5.48. The van der Waals surface area contributed by atoms with E-state index in [2.05, 4.69) is 36.3 Å². The van der Waals surface area contributed by atoms with Crippen molar-refractivity contribution in [3.63, 3.8) is 0 Å². The molecule has 0 spiro atoms. The van der Waals surface area contributed by atoms with Crippen molar-refractivity contribution in [1.82, 2.24) is 10.3 Å². The smallest absolute Gasteiger partial charge is 0.0419 e. The van der Waals surface area contributed by atoms with E-state index in [1.165, 1.54) is 56.2 Å². The van der Waals surface area contributed by atoms with Crippen molar-refractivity contribution >= 4 is 0 Å². The molecule has 0 aliphatic heterocycles. The monoisotopic (exact) mass is 274 g/mol. The van der Waals surface area contributed by atoms with Crippen LogP contribution in [0, 0.1) is 12.8 Å². The summed E-state index contributed by atoms with van der Waals surface area (Å²) in [4.78, 5) is 4.58. The van der Waals surface area contributed by atoms with Gasteiger partial charge in [-0.1, -0.05) is 45.1 Å². The van der Waals surface area contributed by atoms with E-state index in [0.717, 1.165) is 18.9 Å². The molecule has 1 saturated carbocycles. The van der Waals surface area contributed by atoms with Crippen molar-refractivity contribution < 1.29 is 0 Å². The van der Waals surface area contributed by atoms with Crippen LogP contribution < -0.4 is 5.32 Å². The van der Waals surface area contributed by atoms with Crippen LogP contribution in [0.25, 0.3) is 0 Å². The minimum atomic E-state index is 0.605. The summed E-state index contributed by atoms with van der Waals surface area (Å²) in [5.74, 6) is 0.934. The highest BCUT2D eigenvalue weighted by Gasteiger charge is 2.19. The van der Waals surface area contributed by atoms with Gasteiger partial charge in [0.05, 0.1) is 0 Å². The number of nitrogens with zero attached hydrogens (tertiary/aromatic N) is 1.